The van der Waals surface area contributed by atoms with Gasteiger partial charge in [0.2, 0.25) is 0 Å². The summed E-state index contributed by atoms with van der Waals surface area (Å²) < 4.78 is 5.85. The second-order valence-corrected chi connectivity index (χ2v) is 7.07. The minimum atomic E-state index is -0.523. The van der Waals surface area contributed by atoms with Crippen molar-refractivity contribution in [3.63, 3.8) is 0 Å². The number of pyridine rings is 1. The van der Waals surface area contributed by atoms with E-state index in [1.54, 1.807) is 18.2 Å². The highest BCUT2D eigenvalue weighted by Crippen LogP contribution is 2.34. The Hall–Kier alpha value is -3.19. The fourth-order valence-corrected chi connectivity index (χ4v) is 2.63. The standard InChI is InChI=1S/C20H22N4O3/c1-20(2,21)13-23-19-16-10-15(27-12-14-6-4-3-5-7-14)8-9-17(16)22-11-18(19)24(25)26/h3-11H,12-13,21H2,1-2H3,(H,22,23). The third-order valence-electron chi connectivity index (χ3n) is 3.99. The highest BCUT2D eigenvalue weighted by Gasteiger charge is 2.20. The number of anilines is 1. The SMILES string of the molecule is CC(C)(N)CNc1c([N+](=O)[O-])cnc2ccc(OCc3ccccc3)cc12. The Balaban J connectivity index is 1.95. The van der Waals surface area contributed by atoms with Gasteiger partial charge in [-0.15, -0.1) is 0 Å². The number of ether oxygens (including phenoxy) is 1. The molecule has 27 heavy (non-hydrogen) atoms. The summed E-state index contributed by atoms with van der Waals surface area (Å²) in [5.41, 5.74) is 7.49. The summed E-state index contributed by atoms with van der Waals surface area (Å²) in [5.74, 6) is 0.615. The van der Waals surface area contributed by atoms with Crippen molar-refractivity contribution in [3.8, 4) is 5.75 Å². The molecular weight excluding hydrogens is 344 g/mol. The Morgan fingerprint density at radius 2 is 1.96 bits per heavy atom. The molecule has 1 aromatic heterocycles. The summed E-state index contributed by atoms with van der Waals surface area (Å²) >= 11 is 0. The van der Waals surface area contributed by atoms with Crippen LogP contribution in [-0.2, 0) is 6.61 Å². The van der Waals surface area contributed by atoms with Gasteiger partial charge in [-0.25, -0.2) is 4.98 Å². The largest absolute Gasteiger partial charge is 0.489 e. The first-order chi connectivity index (χ1) is 12.8. The van der Waals surface area contributed by atoms with Gasteiger partial charge in [0.25, 0.3) is 0 Å². The average molecular weight is 366 g/mol. The third-order valence-corrected chi connectivity index (χ3v) is 3.99. The predicted octanol–water partition coefficient (Wildman–Crippen LogP) is 3.87. The Morgan fingerprint density at radius 1 is 1.22 bits per heavy atom. The van der Waals surface area contributed by atoms with Gasteiger partial charge in [-0.1, -0.05) is 30.3 Å². The van der Waals surface area contributed by atoms with Crippen LogP contribution in [-0.4, -0.2) is 22.0 Å². The van der Waals surface area contributed by atoms with Crippen LogP contribution >= 0.6 is 0 Å². The van der Waals surface area contributed by atoms with Crippen LogP contribution in [0.3, 0.4) is 0 Å². The van der Waals surface area contributed by atoms with E-state index in [2.05, 4.69) is 10.3 Å². The van der Waals surface area contributed by atoms with Gasteiger partial charge < -0.3 is 15.8 Å². The van der Waals surface area contributed by atoms with Gasteiger partial charge >= 0.3 is 5.69 Å². The van der Waals surface area contributed by atoms with Crippen molar-refractivity contribution in [2.24, 2.45) is 5.73 Å². The lowest BCUT2D eigenvalue weighted by Gasteiger charge is -2.20. The number of benzene rings is 2. The molecule has 0 aliphatic rings. The molecule has 0 saturated heterocycles. The molecule has 0 amide bonds. The second-order valence-electron chi connectivity index (χ2n) is 7.07. The molecule has 0 saturated carbocycles. The van der Waals surface area contributed by atoms with Gasteiger partial charge in [0.1, 0.15) is 24.2 Å². The molecule has 7 nitrogen and oxygen atoms in total. The zero-order valence-electron chi connectivity index (χ0n) is 15.3. The number of aromatic nitrogens is 1. The minimum absolute atomic E-state index is 0.0908. The third kappa shape index (κ3) is 4.71. The van der Waals surface area contributed by atoms with E-state index in [-0.39, 0.29) is 5.69 Å². The van der Waals surface area contributed by atoms with Crippen molar-refractivity contribution in [3.05, 3.63) is 70.4 Å². The van der Waals surface area contributed by atoms with E-state index in [0.29, 0.717) is 35.5 Å². The Morgan fingerprint density at radius 3 is 2.63 bits per heavy atom. The summed E-state index contributed by atoms with van der Waals surface area (Å²) in [6.45, 7) is 4.49. The van der Waals surface area contributed by atoms with Gasteiger partial charge in [-0.05, 0) is 37.6 Å². The fourth-order valence-electron chi connectivity index (χ4n) is 2.63. The summed E-state index contributed by atoms with van der Waals surface area (Å²) in [5, 5.41) is 15.2. The molecule has 0 spiro atoms. The summed E-state index contributed by atoms with van der Waals surface area (Å²) in [7, 11) is 0. The van der Waals surface area contributed by atoms with E-state index >= 15 is 0 Å². The van der Waals surface area contributed by atoms with Gasteiger partial charge in [0.15, 0.2) is 0 Å². The van der Waals surface area contributed by atoms with Crippen molar-refractivity contribution in [1.29, 1.82) is 0 Å². The van der Waals surface area contributed by atoms with E-state index in [0.717, 1.165) is 5.56 Å². The Bertz CT molecular complexity index is 953. The topological polar surface area (TPSA) is 103 Å². The maximum absolute atomic E-state index is 11.4. The molecule has 3 N–H and O–H groups in total. The van der Waals surface area contributed by atoms with Crippen LogP contribution in [0.1, 0.15) is 19.4 Å². The number of nitrogens with one attached hydrogen (secondary N) is 1. The van der Waals surface area contributed by atoms with Crippen LogP contribution in [0.15, 0.2) is 54.7 Å². The molecule has 0 radical (unpaired) electrons. The molecule has 0 aliphatic heterocycles. The molecular formula is C20H22N4O3. The second kappa shape index (κ2) is 7.59. The molecule has 2 aromatic carbocycles. The number of hydrogen-bond donors (Lipinski definition) is 2. The monoisotopic (exact) mass is 366 g/mol. The molecule has 0 aliphatic carbocycles. The van der Waals surface area contributed by atoms with E-state index < -0.39 is 10.5 Å². The maximum Gasteiger partial charge on any atom is 0.311 e. The first-order valence-corrected chi connectivity index (χ1v) is 8.60. The molecule has 3 rings (SSSR count). The first kappa shape index (κ1) is 18.6. The number of nitrogens with two attached hydrogens (primary N) is 1. The van der Waals surface area contributed by atoms with Crippen molar-refractivity contribution < 1.29 is 9.66 Å². The van der Waals surface area contributed by atoms with Crippen LogP contribution in [0.4, 0.5) is 11.4 Å². The molecule has 7 heteroatoms. The first-order valence-electron chi connectivity index (χ1n) is 8.60. The molecule has 140 valence electrons. The van der Waals surface area contributed by atoms with Crippen LogP contribution in [0.5, 0.6) is 5.75 Å². The average Bonchev–Trinajstić information content (AvgIpc) is 2.64. The summed E-state index contributed by atoms with van der Waals surface area (Å²) in [4.78, 5) is 15.2. The zero-order chi connectivity index (χ0) is 19.4. The molecule has 3 aromatic rings. The lowest BCUT2D eigenvalue weighted by atomic mass is 10.1. The number of rotatable bonds is 7. The van der Waals surface area contributed by atoms with Crippen molar-refractivity contribution >= 4 is 22.3 Å². The van der Waals surface area contributed by atoms with Gasteiger partial charge in [0.05, 0.1) is 10.4 Å². The summed E-state index contributed by atoms with van der Waals surface area (Å²) in [6, 6.07) is 15.2. The number of fused-ring (bicyclic) bond motifs is 1. The zero-order valence-corrected chi connectivity index (χ0v) is 15.3. The molecule has 1 heterocycles. The van der Waals surface area contributed by atoms with E-state index in [1.807, 2.05) is 44.2 Å². The molecule has 0 bridgehead atoms. The van der Waals surface area contributed by atoms with E-state index in [1.165, 1.54) is 6.20 Å². The van der Waals surface area contributed by atoms with Crippen LogP contribution in [0, 0.1) is 10.1 Å². The quantitative estimate of drug-likeness (QED) is 0.486. The lowest BCUT2D eigenvalue weighted by Crippen LogP contribution is -2.39. The number of nitrogens with zero attached hydrogens (tertiary/aromatic N) is 2. The smallest absolute Gasteiger partial charge is 0.311 e. The molecule has 0 fully saturated rings. The molecule has 0 atom stereocenters. The van der Waals surface area contributed by atoms with Gasteiger partial charge in [0, 0.05) is 17.5 Å². The molecule has 0 unspecified atom stereocenters. The fraction of sp³-hybridized carbons (Fsp3) is 0.250. The minimum Gasteiger partial charge on any atom is -0.489 e. The lowest BCUT2D eigenvalue weighted by molar-refractivity contribution is -0.384. The van der Waals surface area contributed by atoms with Gasteiger partial charge in [-0.3, -0.25) is 10.1 Å². The van der Waals surface area contributed by atoms with Crippen molar-refractivity contribution in [2.75, 3.05) is 11.9 Å². The van der Waals surface area contributed by atoms with Crippen LogP contribution < -0.4 is 15.8 Å². The predicted molar refractivity (Wildman–Crippen MR) is 106 cm³/mol. The van der Waals surface area contributed by atoms with Crippen LogP contribution in [0.2, 0.25) is 0 Å². The highest BCUT2D eigenvalue weighted by molar-refractivity contribution is 5.96. The number of nitro groups is 1. The van der Waals surface area contributed by atoms with Crippen molar-refractivity contribution in [2.45, 2.75) is 26.0 Å². The number of hydrogen-bond acceptors (Lipinski definition) is 6. The van der Waals surface area contributed by atoms with E-state index in [4.69, 9.17) is 10.5 Å². The van der Waals surface area contributed by atoms with Gasteiger partial charge in [-0.2, -0.15) is 0 Å². The highest BCUT2D eigenvalue weighted by atomic mass is 16.6. The summed E-state index contributed by atoms with van der Waals surface area (Å²) in [6.07, 6.45) is 1.26. The normalized spacial score (nSPS) is 11.4. The maximum atomic E-state index is 11.4. The van der Waals surface area contributed by atoms with Crippen molar-refractivity contribution in [1.82, 2.24) is 4.98 Å². The van der Waals surface area contributed by atoms with E-state index in [9.17, 15) is 10.1 Å². The van der Waals surface area contributed by atoms with Crippen LogP contribution in [0.25, 0.3) is 10.9 Å². The Kier molecular flexibility index (Phi) is 5.23. The Labute approximate surface area is 157 Å².